The fourth-order valence-corrected chi connectivity index (χ4v) is 0.698. The van der Waals surface area contributed by atoms with E-state index in [1.54, 1.807) is 0 Å². The molecule has 0 aliphatic rings. The minimum absolute atomic E-state index is 0.320. The van der Waals surface area contributed by atoms with Crippen LogP contribution in [-0.4, -0.2) is 29.6 Å². The van der Waals surface area contributed by atoms with E-state index in [4.69, 9.17) is 17.3 Å². The first-order valence-electron chi connectivity index (χ1n) is 3.80. The molecule has 0 aliphatic carbocycles. The molecule has 72 valence electrons. The lowest BCUT2D eigenvalue weighted by Gasteiger charge is -2.05. The highest BCUT2D eigenvalue weighted by molar-refractivity contribution is 5.92. The van der Waals surface area contributed by atoms with Crippen molar-refractivity contribution >= 4 is 11.9 Å². The van der Waals surface area contributed by atoms with Crippen LogP contribution in [-0.2, 0) is 9.59 Å². The number of hydrogen-bond donors (Lipinski definition) is 3. The van der Waals surface area contributed by atoms with Crippen molar-refractivity contribution in [1.82, 2.24) is 5.32 Å². The Hall–Kier alpha value is -1.54. The molecule has 0 saturated heterocycles. The van der Waals surface area contributed by atoms with Crippen molar-refractivity contribution in [3.05, 3.63) is 0 Å². The molecule has 0 heterocycles. The van der Waals surface area contributed by atoms with Gasteiger partial charge in [0.1, 0.15) is 6.04 Å². The minimum atomic E-state index is -1.04. The summed E-state index contributed by atoms with van der Waals surface area (Å²) in [5.74, 6) is 0.343. The van der Waals surface area contributed by atoms with Crippen molar-refractivity contribution < 1.29 is 14.7 Å². The SMILES string of the molecule is C#CC(=O)NCCCC(N)C(=O)O. The van der Waals surface area contributed by atoms with Gasteiger partial charge in [0.25, 0.3) is 5.91 Å². The van der Waals surface area contributed by atoms with E-state index in [0.29, 0.717) is 19.4 Å². The van der Waals surface area contributed by atoms with Crippen LogP contribution >= 0.6 is 0 Å². The Kier molecular flexibility index (Phi) is 5.32. The lowest BCUT2D eigenvalue weighted by molar-refractivity contribution is -0.138. The summed E-state index contributed by atoms with van der Waals surface area (Å²) in [5.41, 5.74) is 5.21. The van der Waals surface area contributed by atoms with Crippen LogP contribution in [0.3, 0.4) is 0 Å². The standard InChI is InChI=1S/C8H12N2O3/c1-2-7(11)10-5-3-4-6(9)8(12)13/h1,6H,3-5,9H2,(H,10,11)(H,12,13). The molecule has 0 aliphatic heterocycles. The van der Waals surface area contributed by atoms with Crippen LogP contribution in [0.1, 0.15) is 12.8 Å². The molecule has 0 rings (SSSR count). The number of carboxylic acid groups (broad SMARTS) is 1. The highest BCUT2D eigenvalue weighted by atomic mass is 16.4. The zero-order chi connectivity index (χ0) is 10.3. The van der Waals surface area contributed by atoms with Crippen molar-refractivity contribution in [3.63, 3.8) is 0 Å². The predicted molar refractivity (Wildman–Crippen MR) is 46.7 cm³/mol. The number of carboxylic acids is 1. The first-order valence-corrected chi connectivity index (χ1v) is 3.80. The van der Waals surface area contributed by atoms with Crippen molar-refractivity contribution in [2.24, 2.45) is 5.73 Å². The largest absolute Gasteiger partial charge is 0.480 e. The maximum atomic E-state index is 10.5. The molecule has 0 spiro atoms. The number of carbonyl (C=O) groups excluding carboxylic acids is 1. The number of aliphatic carboxylic acids is 1. The third-order valence-electron chi connectivity index (χ3n) is 1.43. The molecule has 5 nitrogen and oxygen atoms in total. The second kappa shape index (κ2) is 6.03. The van der Waals surface area contributed by atoms with Crippen molar-refractivity contribution in [2.75, 3.05) is 6.54 Å². The molecule has 1 amide bonds. The van der Waals surface area contributed by atoms with E-state index in [1.807, 2.05) is 5.92 Å². The lowest BCUT2D eigenvalue weighted by atomic mass is 10.2. The highest BCUT2D eigenvalue weighted by Gasteiger charge is 2.09. The molecule has 13 heavy (non-hydrogen) atoms. The van der Waals surface area contributed by atoms with Crippen LogP contribution in [0.2, 0.25) is 0 Å². The number of carbonyl (C=O) groups is 2. The summed E-state index contributed by atoms with van der Waals surface area (Å²) in [7, 11) is 0. The molecule has 0 fully saturated rings. The number of hydrogen-bond acceptors (Lipinski definition) is 3. The number of amides is 1. The summed E-state index contributed by atoms with van der Waals surface area (Å²) >= 11 is 0. The molecular formula is C8H12N2O3. The number of nitrogens with two attached hydrogens (primary N) is 1. The molecule has 0 saturated carbocycles. The molecule has 0 bridgehead atoms. The monoisotopic (exact) mass is 184 g/mol. The van der Waals surface area contributed by atoms with Gasteiger partial charge >= 0.3 is 5.97 Å². The molecule has 0 aromatic rings. The molecule has 4 N–H and O–H groups in total. The Balaban J connectivity index is 3.42. The Labute approximate surface area is 76.3 Å². The summed E-state index contributed by atoms with van der Waals surface area (Å²) in [6.45, 7) is 0.351. The van der Waals surface area contributed by atoms with Gasteiger partial charge in [0, 0.05) is 6.54 Å². The Morgan fingerprint density at radius 1 is 1.62 bits per heavy atom. The quantitative estimate of drug-likeness (QED) is 0.374. The summed E-state index contributed by atoms with van der Waals surface area (Å²) in [6.07, 6.45) is 5.60. The van der Waals surface area contributed by atoms with E-state index >= 15 is 0 Å². The van der Waals surface area contributed by atoms with Crippen LogP contribution in [0.5, 0.6) is 0 Å². The van der Waals surface area contributed by atoms with E-state index in [0.717, 1.165) is 0 Å². The second-order valence-corrected chi connectivity index (χ2v) is 2.49. The third kappa shape index (κ3) is 5.70. The molecule has 5 heteroatoms. The molecule has 0 radical (unpaired) electrons. The number of terminal acetylenes is 1. The van der Waals surface area contributed by atoms with Gasteiger partial charge in [-0.25, -0.2) is 0 Å². The van der Waals surface area contributed by atoms with Gasteiger partial charge in [-0.1, -0.05) is 0 Å². The zero-order valence-corrected chi connectivity index (χ0v) is 7.12. The number of rotatable bonds is 5. The first-order chi connectivity index (χ1) is 6.07. The Bertz CT molecular complexity index is 232. The Morgan fingerprint density at radius 3 is 2.69 bits per heavy atom. The summed E-state index contributed by atoms with van der Waals surface area (Å²) in [6, 6.07) is -0.872. The average Bonchev–Trinajstić information content (AvgIpc) is 2.11. The van der Waals surface area contributed by atoms with Crippen molar-refractivity contribution in [2.45, 2.75) is 18.9 Å². The fourth-order valence-electron chi connectivity index (χ4n) is 0.698. The topological polar surface area (TPSA) is 92.4 Å². The van der Waals surface area contributed by atoms with E-state index in [2.05, 4.69) is 5.32 Å². The van der Waals surface area contributed by atoms with Gasteiger partial charge in [-0.2, -0.15) is 0 Å². The molecule has 1 unspecified atom stereocenters. The van der Waals surface area contributed by atoms with Crippen molar-refractivity contribution in [1.29, 1.82) is 0 Å². The van der Waals surface area contributed by atoms with E-state index < -0.39 is 17.9 Å². The minimum Gasteiger partial charge on any atom is -0.480 e. The Morgan fingerprint density at radius 2 is 2.23 bits per heavy atom. The lowest BCUT2D eigenvalue weighted by Crippen LogP contribution is -2.31. The number of nitrogens with one attached hydrogen (secondary N) is 1. The van der Waals surface area contributed by atoms with Gasteiger partial charge in [0.05, 0.1) is 0 Å². The summed E-state index contributed by atoms with van der Waals surface area (Å²) in [4.78, 5) is 20.7. The van der Waals surface area contributed by atoms with Crippen LogP contribution in [0.4, 0.5) is 0 Å². The third-order valence-corrected chi connectivity index (χ3v) is 1.43. The molecule has 0 aromatic carbocycles. The van der Waals surface area contributed by atoms with E-state index in [1.165, 1.54) is 0 Å². The maximum absolute atomic E-state index is 10.5. The van der Waals surface area contributed by atoms with Gasteiger partial charge in [0.15, 0.2) is 0 Å². The van der Waals surface area contributed by atoms with Crippen LogP contribution in [0.15, 0.2) is 0 Å². The highest BCUT2D eigenvalue weighted by Crippen LogP contribution is 1.92. The molecule has 0 aromatic heterocycles. The van der Waals surface area contributed by atoms with Crippen molar-refractivity contribution in [3.8, 4) is 12.3 Å². The van der Waals surface area contributed by atoms with Crippen LogP contribution in [0.25, 0.3) is 0 Å². The van der Waals surface area contributed by atoms with E-state index in [-0.39, 0.29) is 0 Å². The van der Waals surface area contributed by atoms with Gasteiger partial charge in [-0.3, -0.25) is 9.59 Å². The molecule has 1 atom stereocenters. The average molecular weight is 184 g/mol. The van der Waals surface area contributed by atoms with Crippen LogP contribution in [0, 0.1) is 12.3 Å². The fraction of sp³-hybridized carbons (Fsp3) is 0.500. The smallest absolute Gasteiger partial charge is 0.320 e. The normalized spacial score (nSPS) is 11.4. The van der Waals surface area contributed by atoms with Gasteiger partial charge in [0.2, 0.25) is 0 Å². The van der Waals surface area contributed by atoms with Crippen LogP contribution < -0.4 is 11.1 Å². The van der Waals surface area contributed by atoms with Gasteiger partial charge in [-0.05, 0) is 18.8 Å². The second-order valence-electron chi connectivity index (χ2n) is 2.49. The van der Waals surface area contributed by atoms with Gasteiger partial charge < -0.3 is 16.2 Å². The summed E-state index contributed by atoms with van der Waals surface area (Å²) < 4.78 is 0. The zero-order valence-electron chi connectivity index (χ0n) is 7.12. The first kappa shape index (κ1) is 11.5. The summed E-state index contributed by atoms with van der Waals surface area (Å²) in [5, 5.41) is 10.8. The maximum Gasteiger partial charge on any atom is 0.320 e. The predicted octanol–water partition coefficient (Wildman–Crippen LogP) is -1.07. The van der Waals surface area contributed by atoms with E-state index in [9.17, 15) is 9.59 Å². The molecular weight excluding hydrogens is 172 g/mol. The van der Waals surface area contributed by atoms with Gasteiger partial charge in [-0.15, -0.1) is 6.42 Å².